The van der Waals surface area contributed by atoms with Gasteiger partial charge in [0.05, 0.1) is 0 Å². The molecule has 0 rings (SSSR count). The first-order valence-electron chi connectivity index (χ1n) is 0.408. The van der Waals surface area contributed by atoms with Gasteiger partial charge in [-0.2, -0.15) is 0 Å². The second-order valence-corrected chi connectivity index (χ2v) is 0.0833. The Balaban J connectivity index is -0.0000000200. The fourth-order valence-electron chi connectivity index (χ4n) is 0. The van der Waals surface area contributed by atoms with Crippen LogP contribution in [0.5, 0.6) is 0 Å². The van der Waals surface area contributed by atoms with E-state index in [0.29, 0.717) is 0 Å². The fourth-order valence-corrected chi connectivity index (χ4v) is 0. The van der Waals surface area contributed by atoms with E-state index in [2.05, 4.69) is 0 Å². The molecule has 0 heterocycles. The quantitative estimate of drug-likeness (QED) is 0.225. The molecular formula is H2FeNNaO2. The van der Waals surface area contributed by atoms with Gasteiger partial charge >= 0.3 is 29.6 Å². The van der Waals surface area contributed by atoms with Gasteiger partial charge in [-0.15, -0.1) is 0 Å². The van der Waals surface area contributed by atoms with E-state index in [1.807, 2.05) is 0 Å². The summed E-state index contributed by atoms with van der Waals surface area (Å²) in [4.78, 5) is 8.12. The Morgan fingerprint density at radius 2 is 1.60 bits per heavy atom. The molecule has 0 aromatic carbocycles. The third kappa shape index (κ3) is 49.6. The molecule has 0 bridgehead atoms. The summed E-state index contributed by atoms with van der Waals surface area (Å²) in [6, 6.07) is 0. The number of nitrogens with one attached hydrogen (secondary N) is 1. The molecule has 0 spiro atoms. The summed E-state index contributed by atoms with van der Waals surface area (Å²) >= 11 is 0. The van der Waals surface area contributed by atoms with Crippen LogP contribution in [0.4, 0.5) is 0 Å². The summed E-state index contributed by atoms with van der Waals surface area (Å²) in [6.07, 6.45) is 0. The second-order valence-electron chi connectivity index (χ2n) is 0.0833. The normalized spacial score (nSPS) is 2.40. The molecule has 0 amide bonds. The van der Waals surface area contributed by atoms with Crippen LogP contribution in [0.1, 0.15) is 0 Å². The van der Waals surface area contributed by atoms with Gasteiger partial charge in [-0.25, -0.2) is 0 Å². The van der Waals surface area contributed by atoms with Crippen LogP contribution >= 0.6 is 0 Å². The SMILES string of the molecule is O=[NH+][O-].[Fe].[NaH]. The number of hydrogen-bond donors (Lipinski definition) is 1. The molecule has 0 unspecified atom stereocenters. The molecule has 0 saturated carbocycles. The molecule has 0 aromatic heterocycles. The topological polar surface area (TPSA) is 54.1 Å². The Morgan fingerprint density at radius 1 is 1.60 bits per heavy atom. The summed E-state index contributed by atoms with van der Waals surface area (Å²) in [7, 11) is 0. The Hall–Kier alpha value is 0.919. The maximum atomic E-state index is 8.12. The molecule has 1 N–H and O–H groups in total. The van der Waals surface area contributed by atoms with Gasteiger partial charge in [-0.3, -0.25) is 10.1 Å². The molecule has 0 fully saturated rings. The Morgan fingerprint density at radius 3 is 1.60 bits per heavy atom. The molecule has 0 aromatic rings. The summed E-state index contributed by atoms with van der Waals surface area (Å²) in [6.45, 7) is 0. The zero-order valence-corrected chi connectivity index (χ0v) is 2.77. The maximum absolute atomic E-state index is 8.12. The van der Waals surface area contributed by atoms with Gasteiger partial charge < -0.3 is 0 Å². The molecule has 5 heteroatoms. The molecule has 0 aliphatic rings. The first kappa shape index (κ1) is 16.8. The summed E-state index contributed by atoms with van der Waals surface area (Å²) in [5.41, 5.74) is 0. The van der Waals surface area contributed by atoms with Crippen molar-refractivity contribution in [3.63, 3.8) is 0 Å². The van der Waals surface area contributed by atoms with Crippen molar-refractivity contribution in [2.45, 2.75) is 0 Å². The average Bonchev–Trinajstić information content (AvgIpc) is 0.918. The van der Waals surface area contributed by atoms with Gasteiger partial charge in [-0.05, 0) is 0 Å². The third-order valence-corrected chi connectivity index (χ3v) is 0. The van der Waals surface area contributed by atoms with Crippen molar-refractivity contribution in [3.05, 3.63) is 10.1 Å². The number of hydrogen-bond acceptors (Lipinski definition) is 2. The van der Waals surface area contributed by atoms with Crippen molar-refractivity contribution in [2.75, 3.05) is 0 Å². The van der Waals surface area contributed by atoms with Gasteiger partial charge in [0.25, 0.3) is 0 Å². The zero-order valence-electron chi connectivity index (χ0n) is 1.67. The Bertz CT molecular complexity index is 17.1. The first-order chi connectivity index (χ1) is 1.41. The van der Waals surface area contributed by atoms with Crippen LogP contribution in [0.25, 0.3) is 0 Å². The first-order valence-corrected chi connectivity index (χ1v) is 0.408. The molecule has 28 valence electrons. The van der Waals surface area contributed by atoms with Crippen LogP contribution in [0.2, 0.25) is 0 Å². The number of rotatable bonds is 0. The Kier molecular flexibility index (Phi) is 69.0. The second kappa shape index (κ2) is 20.5. The van der Waals surface area contributed by atoms with Crippen LogP contribution < -0.4 is 5.34 Å². The minimum absolute atomic E-state index is 0. The molecule has 3 nitrogen and oxygen atoms in total. The average molecular weight is 127 g/mol. The van der Waals surface area contributed by atoms with Crippen molar-refractivity contribution in [2.24, 2.45) is 0 Å². The molecule has 0 aliphatic carbocycles. The van der Waals surface area contributed by atoms with E-state index in [1.54, 1.807) is 0 Å². The van der Waals surface area contributed by atoms with E-state index < -0.39 is 0 Å². The summed E-state index contributed by atoms with van der Waals surface area (Å²) in [5.74, 6) is 0. The van der Waals surface area contributed by atoms with Crippen LogP contribution in [-0.4, -0.2) is 29.6 Å². The van der Waals surface area contributed by atoms with E-state index in [-0.39, 0.29) is 52.0 Å². The van der Waals surface area contributed by atoms with Crippen LogP contribution in [-0.2, 0) is 17.1 Å². The standard InChI is InChI=1S/Fe.HNO2.Na.H/c;2-1-3;;/h;1H;;. The van der Waals surface area contributed by atoms with Gasteiger partial charge in [-0.1, -0.05) is 0 Å². The van der Waals surface area contributed by atoms with Gasteiger partial charge in [0.15, 0.2) is 0 Å². The molecule has 0 saturated heterocycles. The van der Waals surface area contributed by atoms with Crippen molar-refractivity contribution < 1.29 is 22.4 Å². The van der Waals surface area contributed by atoms with Crippen molar-refractivity contribution >= 4 is 29.6 Å². The summed E-state index contributed by atoms with van der Waals surface area (Å²) < 4.78 is 0. The van der Waals surface area contributed by atoms with E-state index in [0.717, 1.165) is 0 Å². The van der Waals surface area contributed by atoms with Crippen molar-refractivity contribution in [3.8, 4) is 0 Å². The monoisotopic (exact) mass is 127 g/mol. The minimum atomic E-state index is 0. The van der Waals surface area contributed by atoms with Crippen LogP contribution in [0, 0.1) is 10.1 Å². The molecule has 0 atom stereocenters. The van der Waals surface area contributed by atoms with Gasteiger partial charge in [0.1, 0.15) is 0 Å². The molecular weight excluding hydrogens is 125 g/mol. The van der Waals surface area contributed by atoms with E-state index >= 15 is 0 Å². The van der Waals surface area contributed by atoms with E-state index in [4.69, 9.17) is 10.1 Å². The van der Waals surface area contributed by atoms with Crippen LogP contribution in [0.15, 0.2) is 0 Å². The van der Waals surface area contributed by atoms with Gasteiger partial charge in [0, 0.05) is 22.4 Å². The molecule has 0 radical (unpaired) electrons. The molecule has 5 heavy (non-hydrogen) atoms. The van der Waals surface area contributed by atoms with Gasteiger partial charge in [0.2, 0.25) is 0 Å². The fraction of sp³-hybridized carbons (Fsp3) is 0. The predicted molar refractivity (Wildman–Crippen MR) is 14.8 cm³/mol. The molecule has 0 aliphatic heterocycles. The predicted octanol–water partition coefficient (Wildman–Crippen LogP) is -2.32. The van der Waals surface area contributed by atoms with E-state index in [1.165, 1.54) is 0 Å². The van der Waals surface area contributed by atoms with E-state index in [9.17, 15) is 0 Å². The third-order valence-electron chi connectivity index (χ3n) is 0. The summed E-state index contributed by atoms with van der Waals surface area (Å²) in [5, 5.41) is 8.38. The van der Waals surface area contributed by atoms with Crippen LogP contribution in [0.3, 0.4) is 0 Å². The Labute approximate surface area is 61.8 Å². The van der Waals surface area contributed by atoms with Crippen molar-refractivity contribution in [1.82, 2.24) is 0 Å². The zero-order chi connectivity index (χ0) is 2.71. The van der Waals surface area contributed by atoms with Crippen molar-refractivity contribution in [1.29, 1.82) is 0 Å².